The Morgan fingerprint density at radius 2 is 1.83 bits per heavy atom. The number of halogens is 2. The minimum atomic E-state index is -2.96. The van der Waals surface area contributed by atoms with E-state index < -0.39 is 12.6 Å². The number of alkyl halides is 2. The largest absolute Gasteiger partial charge is 0.508 e. The number of aromatic hydroxyl groups is 1. The normalized spacial score (nSPS) is 10.4. The highest BCUT2D eigenvalue weighted by atomic mass is 19.3. The van der Waals surface area contributed by atoms with Gasteiger partial charge in [0.25, 0.3) is 0 Å². The lowest BCUT2D eigenvalue weighted by atomic mass is 10.2. The Hall–Kier alpha value is -2.83. The van der Waals surface area contributed by atoms with Gasteiger partial charge in [0.15, 0.2) is 11.5 Å². The Kier molecular flexibility index (Phi) is 5.35. The Labute approximate surface area is 131 Å². The zero-order valence-corrected chi connectivity index (χ0v) is 12.2. The first kappa shape index (κ1) is 16.5. The third-order valence-electron chi connectivity index (χ3n) is 2.92. The van der Waals surface area contributed by atoms with E-state index in [1.54, 1.807) is 0 Å². The Morgan fingerprint density at radius 1 is 1.13 bits per heavy atom. The van der Waals surface area contributed by atoms with Gasteiger partial charge in [-0.05, 0) is 42.0 Å². The Morgan fingerprint density at radius 3 is 2.43 bits per heavy atom. The van der Waals surface area contributed by atoms with Crippen LogP contribution in [0, 0.1) is 0 Å². The average Bonchev–Trinajstić information content (AvgIpc) is 2.53. The SMILES string of the molecule is COc1cc(COC(=O)c2ccc(O)cc2)ccc1OC(F)F. The van der Waals surface area contributed by atoms with Gasteiger partial charge in [-0.3, -0.25) is 0 Å². The summed E-state index contributed by atoms with van der Waals surface area (Å²) in [7, 11) is 1.32. The Balaban J connectivity index is 2.02. The molecule has 122 valence electrons. The van der Waals surface area contributed by atoms with Gasteiger partial charge in [0.2, 0.25) is 0 Å². The maximum absolute atomic E-state index is 12.2. The minimum Gasteiger partial charge on any atom is -0.508 e. The fourth-order valence-electron chi connectivity index (χ4n) is 1.82. The van der Waals surface area contributed by atoms with Crippen LogP contribution in [0.1, 0.15) is 15.9 Å². The molecule has 0 aromatic heterocycles. The summed E-state index contributed by atoms with van der Waals surface area (Å²) in [6, 6.07) is 9.85. The molecule has 0 heterocycles. The van der Waals surface area contributed by atoms with Crippen molar-refractivity contribution in [2.75, 3.05) is 7.11 Å². The molecule has 0 radical (unpaired) electrons. The van der Waals surface area contributed by atoms with Gasteiger partial charge < -0.3 is 19.3 Å². The van der Waals surface area contributed by atoms with Crippen LogP contribution in [-0.2, 0) is 11.3 Å². The monoisotopic (exact) mass is 324 g/mol. The number of hydrogen-bond acceptors (Lipinski definition) is 5. The van der Waals surface area contributed by atoms with Crippen molar-refractivity contribution in [3.63, 3.8) is 0 Å². The van der Waals surface area contributed by atoms with E-state index in [9.17, 15) is 13.6 Å². The van der Waals surface area contributed by atoms with Crippen molar-refractivity contribution >= 4 is 5.97 Å². The molecular weight excluding hydrogens is 310 g/mol. The molecule has 23 heavy (non-hydrogen) atoms. The third kappa shape index (κ3) is 4.57. The van der Waals surface area contributed by atoms with Crippen LogP contribution in [0.2, 0.25) is 0 Å². The quantitative estimate of drug-likeness (QED) is 0.826. The molecule has 0 bridgehead atoms. The number of benzene rings is 2. The number of phenolic OH excluding ortho intramolecular Hbond substituents is 1. The number of methoxy groups -OCH3 is 1. The predicted molar refractivity (Wildman–Crippen MR) is 76.9 cm³/mol. The van der Waals surface area contributed by atoms with Gasteiger partial charge in [0.1, 0.15) is 12.4 Å². The van der Waals surface area contributed by atoms with Crippen LogP contribution in [-0.4, -0.2) is 24.8 Å². The fraction of sp³-hybridized carbons (Fsp3) is 0.188. The number of ether oxygens (including phenoxy) is 3. The van der Waals surface area contributed by atoms with E-state index in [1.807, 2.05) is 0 Å². The fourth-order valence-corrected chi connectivity index (χ4v) is 1.82. The van der Waals surface area contributed by atoms with Crippen molar-refractivity contribution in [2.45, 2.75) is 13.2 Å². The molecule has 2 aromatic rings. The van der Waals surface area contributed by atoms with Gasteiger partial charge in [-0.15, -0.1) is 0 Å². The molecule has 0 saturated carbocycles. The van der Waals surface area contributed by atoms with E-state index in [0.717, 1.165) is 0 Å². The average molecular weight is 324 g/mol. The van der Waals surface area contributed by atoms with Gasteiger partial charge in [0, 0.05) is 0 Å². The molecule has 0 aliphatic carbocycles. The zero-order chi connectivity index (χ0) is 16.8. The van der Waals surface area contributed by atoms with Gasteiger partial charge in [-0.1, -0.05) is 6.07 Å². The molecule has 0 amide bonds. The lowest BCUT2D eigenvalue weighted by molar-refractivity contribution is -0.0512. The molecule has 0 fully saturated rings. The maximum atomic E-state index is 12.2. The molecule has 5 nitrogen and oxygen atoms in total. The number of rotatable bonds is 6. The van der Waals surface area contributed by atoms with E-state index in [1.165, 1.54) is 49.6 Å². The number of esters is 1. The van der Waals surface area contributed by atoms with Crippen molar-refractivity contribution in [3.05, 3.63) is 53.6 Å². The first-order valence-electron chi connectivity index (χ1n) is 6.57. The van der Waals surface area contributed by atoms with Crippen LogP contribution in [0.5, 0.6) is 17.2 Å². The molecule has 0 saturated heterocycles. The third-order valence-corrected chi connectivity index (χ3v) is 2.92. The zero-order valence-electron chi connectivity index (χ0n) is 12.2. The molecule has 2 aromatic carbocycles. The smallest absolute Gasteiger partial charge is 0.387 e. The van der Waals surface area contributed by atoms with Crippen LogP contribution < -0.4 is 9.47 Å². The first-order valence-corrected chi connectivity index (χ1v) is 6.57. The van der Waals surface area contributed by atoms with Crippen molar-refractivity contribution in [1.29, 1.82) is 0 Å². The van der Waals surface area contributed by atoms with Gasteiger partial charge in [-0.2, -0.15) is 8.78 Å². The van der Waals surface area contributed by atoms with Crippen molar-refractivity contribution in [3.8, 4) is 17.2 Å². The van der Waals surface area contributed by atoms with Crippen molar-refractivity contribution in [1.82, 2.24) is 0 Å². The van der Waals surface area contributed by atoms with E-state index >= 15 is 0 Å². The summed E-state index contributed by atoms with van der Waals surface area (Å²) in [6.07, 6.45) is 0. The summed E-state index contributed by atoms with van der Waals surface area (Å²) in [6.45, 7) is -3.02. The molecule has 2 rings (SSSR count). The van der Waals surface area contributed by atoms with Crippen molar-refractivity contribution < 1.29 is 32.9 Å². The summed E-state index contributed by atoms with van der Waals surface area (Å²) >= 11 is 0. The van der Waals surface area contributed by atoms with Gasteiger partial charge >= 0.3 is 12.6 Å². The number of carbonyl (C=O) groups is 1. The van der Waals surface area contributed by atoms with Gasteiger partial charge in [0.05, 0.1) is 12.7 Å². The van der Waals surface area contributed by atoms with E-state index in [0.29, 0.717) is 5.56 Å². The lowest BCUT2D eigenvalue weighted by Gasteiger charge is -2.11. The Bertz CT molecular complexity index is 671. The number of phenols is 1. The van der Waals surface area contributed by atoms with E-state index in [4.69, 9.17) is 14.6 Å². The molecule has 0 atom stereocenters. The molecule has 0 unspecified atom stereocenters. The predicted octanol–water partition coefficient (Wildman–Crippen LogP) is 3.36. The summed E-state index contributed by atoms with van der Waals surface area (Å²) in [5.74, 6) is -0.516. The summed E-state index contributed by atoms with van der Waals surface area (Å²) in [5.41, 5.74) is 0.836. The van der Waals surface area contributed by atoms with Crippen LogP contribution in [0.25, 0.3) is 0 Å². The second kappa shape index (κ2) is 7.44. The van der Waals surface area contributed by atoms with Crippen LogP contribution in [0.4, 0.5) is 8.78 Å². The van der Waals surface area contributed by atoms with Gasteiger partial charge in [-0.25, -0.2) is 4.79 Å². The standard InChI is InChI=1S/C16H14F2O5/c1-21-14-8-10(2-7-13(14)23-16(17)18)9-22-15(20)11-3-5-12(19)6-4-11/h2-8,16,19H,9H2,1H3. The highest BCUT2D eigenvalue weighted by molar-refractivity contribution is 5.89. The molecule has 7 heteroatoms. The van der Waals surface area contributed by atoms with E-state index in [-0.39, 0.29) is 29.4 Å². The van der Waals surface area contributed by atoms with Crippen LogP contribution >= 0.6 is 0 Å². The maximum Gasteiger partial charge on any atom is 0.387 e. The minimum absolute atomic E-state index is 0.0425. The molecular formula is C16H14F2O5. The second-order valence-electron chi connectivity index (χ2n) is 4.49. The summed E-state index contributed by atoms with van der Waals surface area (Å²) in [4.78, 5) is 11.8. The molecule has 0 aliphatic heterocycles. The molecule has 0 spiro atoms. The van der Waals surface area contributed by atoms with E-state index in [2.05, 4.69) is 4.74 Å². The topological polar surface area (TPSA) is 65.0 Å². The first-order chi connectivity index (χ1) is 11.0. The number of hydrogen-bond donors (Lipinski definition) is 1. The number of carbonyl (C=O) groups excluding carboxylic acids is 1. The van der Waals surface area contributed by atoms with Crippen LogP contribution in [0.15, 0.2) is 42.5 Å². The molecule has 1 N–H and O–H groups in total. The summed E-state index contributed by atoms with van der Waals surface area (Å²) < 4.78 is 38.9. The summed E-state index contributed by atoms with van der Waals surface area (Å²) in [5, 5.41) is 9.16. The van der Waals surface area contributed by atoms with Crippen molar-refractivity contribution in [2.24, 2.45) is 0 Å². The second-order valence-corrected chi connectivity index (χ2v) is 4.49. The van der Waals surface area contributed by atoms with Crippen LogP contribution in [0.3, 0.4) is 0 Å². The molecule has 0 aliphatic rings. The highest BCUT2D eigenvalue weighted by Gasteiger charge is 2.12. The lowest BCUT2D eigenvalue weighted by Crippen LogP contribution is -2.06. The highest BCUT2D eigenvalue weighted by Crippen LogP contribution is 2.29.